The second-order valence-corrected chi connectivity index (χ2v) is 18.5. The molecule has 1 atom stereocenters. The van der Waals surface area contributed by atoms with Crippen LogP contribution >= 0.6 is 0 Å². The molecule has 67 heavy (non-hydrogen) atoms. The van der Waals surface area contributed by atoms with Crippen molar-refractivity contribution in [3.8, 4) is 17.2 Å². The van der Waals surface area contributed by atoms with Gasteiger partial charge in [-0.3, -0.25) is 34.1 Å². The second kappa shape index (κ2) is 19.4. The number of amides is 4. The average Bonchev–Trinajstić information content (AvgIpc) is 3.68. The van der Waals surface area contributed by atoms with Crippen LogP contribution in [0.25, 0.3) is 11.5 Å². The Kier molecular flexibility index (Phi) is 12.8. The van der Waals surface area contributed by atoms with Crippen molar-refractivity contribution < 1.29 is 37.1 Å². The summed E-state index contributed by atoms with van der Waals surface area (Å²) in [6, 6.07) is 16.6. The number of anilines is 2. The molecule has 3 N–H and O–H groups in total. The summed E-state index contributed by atoms with van der Waals surface area (Å²) in [6.07, 6.45) is 8.02. The summed E-state index contributed by atoms with van der Waals surface area (Å²) < 4.78 is 41.8. The van der Waals surface area contributed by atoms with E-state index < -0.39 is 30.0 Å². The highest BCUT2D eigenvalue weighted by Crippen LogP contribution is 2.37. The number of aromatic nitrogens is 4. The number of hydrogen-bond acceptors (Lipinski definition) is 12. The smallest absolute Gasteiger partial charge is 0.284 e. The zero-order valence-electron chi connectivity index (χ0n) is 37.2. The zero-order valence-corrected chi connectivity index (χ0v) is 37.2. The molecule has 0 spiro atoms. The van der Waals surface area contributed by atoms with Crippen molar-refractivity contribution in [2.45, 2.75) is 89.6 Å². The molecule has 2 saturated carbocycles. The van der Waals surface area contributed by atoms with Gasteiger partial charge in [0.1, 0.15) is 30.5 Å². The Hall–Kier alpha value is -6.53. The lowest BCUT2D eigenvalue weighted by Gasteiger charge is -2.38. The fraction of sp³-hybridized carbons (Fsp3) is 0.449. The van der Waals surface area contributed by atoms with Gasteiger partial charge in [0.15, 0.2) is 11.4 Å². The number of hydrogen-bond donors (Lipinski definition) is 3. The number of carbonyl (C=O) groups excluding carboxylic acids is 4. The number of nitrogens with zero attached hydrogens (tertiary/aromatic N) is 7. The highest BCUT2D eigenvalue weighted by atomic mass is 19.3. The first-order chi connectivity index (χ1) is 32.6. The lowest BCUT2D eigenvalue weighted by Crippen LogP contribution is -2.52. The monoisotopic (exact) mass is 916 g/mol. The molecule has 0 radical (unpaired) electrons. The Morgan fingerprint density at radius 1 is 0.910 bits per heavy atom. The number of pyridine rings is 1. The van der Waals surface area contributed by atoms with Gasteiger partial charge in [0.05, 0.1) is 18.3 Å². The Labute approximate surface area is 386 Å². The Balaban J connectivity index is 0.656. The van der Waals surface area contributed by atoms with Gasteiger partial charge in [0.25, 0.3) is 18.2 Å². The molecule has 350 valence electrons. The number of piperidine rings is 1. The van der Waals surface area contributed by atoms with Crippen LogP contribution in [0.1, 0.15) is 107 Å². The van der Waals surface area contributed by atoms with Crippen LogP contribution in [0.3, 0.4) is 0 Å². The van der Waals surface area contributed by atoms with Crippen molar-refractivity contribution in [2.24, 2.45) is 11.8 Å². The average molecular weight is 917 g/mol. The SMILES string of the molecule is O=C1CCC(N2Cc3c(OCc4ccc(CN5CCN(C[C@H]6CC[C@H](n7cc(NC(=O)c8coc(-c9ccnc(NCC%10CC%10)c9)n8)c(C(F)F)n7)CC6)CC5)cc4)cccc3C2=O)C(=O)N1. The standard InChI is InChI=1S/C49H54F2N10O6/c50-45(51)44-38(54-46(63)39-29-67-48(55-39)34-16-17-52-42(22-34)53-23-30-4-5-30)27-61(57-44)35-12-10-32(11-13-35)25-59-20-18-58(19-21-59)24-31-6-8-33(9-7-31)28-66-41-3-1-2-36-37(41)26-60(49(36)65)40-14-15-43(62)56-47(40)64/h1-3,6-9,16-17,22,27,29-30,32,35,40,45H,4-5,10-15,18-21,23-26,28H2,(H,52,53)(H,54,63)(H,56,62,64)/t32-,35-,40?. The number of carbonyl (C=O) groups is 4. The molecule has 2 aromatic carbocycles. The van der Waals surface area contributed by atoms with Gasteiger partial charge in [0.2, 0.25) is 17.7 Å². The molecular weight excluding hydrogens is 863 g/mol. The summed E-state index contributed by atoms with van der Waals surface area (Å²) in [5.74, 6) is 1.08. The zero-order chi connectivity index (χ0) is 46.0. The minimum absolute atomic E-state index is 0.0250. The molecular formula is C49H54F2N10O6. The van der Waals surface area contributed by atoms with E-state index >= 15 is 0 Å². The number of halogens is 2. The summed E-state index contributed by atoms with van der Waals surface area (Å²) in [5, 5.41) is 12.5. The van der Waals surface area contributed by atoms with Crippen LogP contribution in [-0.2, 0) is 29.3 Å². The topological polar surface area (TPSA) is 180 Å². The Bertz CT molecular complexity index is 2620. The van der Waals surface area contributed by atoms with E-state index in [1.54, 1.807) is 35.1 Å². The molecule has 16 nitrogen and oxygen atoms in total. The molecule has 4 amide bonds. The van der Waals surface area contributed by atoms with E-state index in [1.807, 2.05) is 6.07 Å². The van der Waals surface area contributed by atoms with E-state index in [1.165, 1.54) is 35.8 Å². The molecule has 2 aliphatic carbocycles. The third-order valence-electron chi connectivity index (χ3n) is 13.8. The van der Waals surface area contributed by atoms with Gasteiger partial charge in [-0.05, 0) is 92.2 Å². The number of imide groups is 1. The molecule has 2 saturated heterocycles. The van der Waals surface area contributed by atoms with Crippen molar-refractivity contribution in [3.63, 3.8) is 0 Å². The predicted octanol–water partition coefficient (Wildman–Crippen LogP) is 6.83. The van der Waals surface area contributed by atoms with Crippen LogP contribution in [-0.4, -0.2) is 103 Å². The van der Waals surface area contributed by atoms with Gasteiger partial charge in [-0.1, -0.05) is 30.3 Å². The molecule has 10 rings (SSSR count). The second-order valence-electron chi connectivity index (χ2n) is 18.5. The summed E-state index contributed by atoms with van der Waals surface area (Å²) in [5.41, 5.74) is 3.63. The maximum Gasteiger partial charge on any atom is 0.284 e. The van der Waals surface area contributed by atoms with Crippen molar-refractivity contribution >= 4 is 35.1 Å². The summed E-state index contributed by atoms with van der Waals surface area (Å²) in [4.78, 5) is 65.8. The maximum absolute atomic E-state index is 14.2. The molecule has 3 aliphatic heterocycles. The van der Waals surface area contributed by atoms with Crippen LogP contribution in [0.15, 0.2) is 77.7 Å². The number of oxazole rings is 1. The van der Waals surface area contributed by atoms with Gasteiger partial charge in [-0.25, -0.2) is 18.7 Å². The summed E-state index contributed by atoms with van der Waals surface area (Å²) >= 11 is 0. The maximum atomic E-state index is 14.2. The van der Waals surface area contributed by atoms with Crippen molar-refractivity contribution in [1.29, 1.82) is 0 Å². The summed E-state index contributed by atoms with van der Waals surface area (Å²) in [6.45, 7) is 7.17. The predicted molar refractivity (Wildman–Crippen MR) is 242 cm³/mol. The normalized spacial score (nSPS) is 21.4. The van der Waals surface area contributed by atoms with Gasteiger partial charge in [-0.15, -0.1) is 0 Å². The number of rotatable bonds is 16. The Morgan fingerprint density at radius 2 is 1.67 bits per heavy atom. The van der Waals surface area contributed by atoms with E-state index in [9.17, 15) is 28.0 Å². The highest BCUT2D eigenvalue weighted by molar-refractivity contribution is 6.06. The first kappa shape index (κ1) is 44.3. The molecule has 6 heterocycles. The number of nitrogens with one attached hydrogen (secondary N) is 3. The number of piperazine rings is 1. The molecule has 4 fully saturated rings. The quantitative estimate of drug-likeness (QED) is 0.0880. The molecule has 3 aromatic heterocycles. The number of benzene rings is 2. The van der Waals surface area contributed by atoms with E-state index in [0.29, 0.717) is 47.6 Å². The minimum atomic E-state index is -2.86. The van der Waals surface area contributed by atoms with Gasteiger partial charge < -0.3 is 29.6 Å². The molecule has 5 aromatic rings. The van der Waals surface area contributed by atoms with Crippen LogP contribution in [0.4, 0.5) is 20.3 Å². The van der Waals surface area contributed by atoms with Crippen LogP contribution in [0.2, 0.25) is 0 Å². The van der Waals surface area contributed by atoms with Crippen LogP contribution in [0, 0.1) is 11.8 Å². The third-order valence-corrected chi connectivity index (χ3v) is 13.8. The van der Waals surface area contributed by atoms with E-state index in [0.717, 1.165) is 82.6 Å². The van der Waals surface area contributed by atoms with Gasteiger partial charge in [0, 0.05) is 81.3 Å². The van der Waals surface area contributed by atoms with Crippen molar-refractivity contribution in [2.75, 3.05) is 49.9 Å². The third kappa shape index (κ3) is 10.2. The fourth-order valence-corrected chi connectivity index (χ4v) is 9.72. The summed E-state index contributed by atoms with van der Waals surface area (Å²) in [7, 11) is 0. The van der Waals surface area contributed by atoms with E-state index in [2.05, 4.69) is 65.1 Å². The fourth-order valence-electron chi connectivity index (χ4n) is 9.72. The van der Waals surface area contributed by atoms with Crippen LogP contribution < -0.4 is 20.7 Å². The first-order valence-electron chi connectivity index (χ1n) is 23.4. The van der Waals surface area contributed by atoms with Gasteiger partial charge >= 0.3 is 0 Å². The van der Waals surface area contributed by atoms with Crippen molar-refractivity contribution in [3.05, 3.63) is 107 Å². The van der Waals surface area contributed by atoms with Crippen LogP contribution in [0.5, 0.6) is 5.75 Å². The first-order valence-corrected chi connectivity index (χ1v) is 23.4. The number of fused-ring (bicyclic) bond motifs is 1. The van der Waals surface area contributed by atoms with Gasteiger partial charge in [-0.2, -0.15) is 5.10 Å². The number of alkyl halides is 2. The lowest BCUT2D eigenvalue weighted by molar-refractivity contribution is -0.136. The molecule has 18 heteroatoms. The molecule has 5 aliphatic rings. The number of ether oxygens (including phenoxy) is 1. The largest absolute Gasteiger partial charge is 0.489 e. The minimum Gasteiger partial charge on any atom is -0.489 e. The van der Waals surface area contributed by atoms with Crippen molar-refractivity contribution in [1.82, 2.24) is 39.8 Å². The lowest BCUT2D eigenvalue weighted by atomic mass is 9.85. The molecule has 1 unspecified atom stereocenters. The van der Waals surface area contributed by atoms with E-state index in [-0.39, 0.29) is 48.1 Å². The molecule has 0 bridgehead atoms. The van der Waals surface area contributed by atoms with E-state index in [4.69, 9.17) is 9.15 Å². The highest BCUT2D eigenvalue weighted by Gasteiger charge is 2.40. The Morgan fingerprint density at radius 3 is 2.43 bits per heavy atom.